The molecule has 12 heteroatoms. The van der Waals surface area contributed by atoms with E-state index in [2.05, 4.69) is 15.9 Å². The molecule has 5 atom stereocenters. The molecule has 1 spiro atoms. The highest BCUT2D eigenvalue weighted by atomic mass is 79.9. The van der Waals surface area contributed by atoms with Crippen LogP contribution in [-0.2, 0) is 44.2 Å². The van der Waals surface area contributed by atoms with Crippen LogP contribution in [0.4, 0.5) is 11.4 Å². The molecule has 0 bridgehead atoms. The zero-order chi connectivity index (χ0) is 38.6. The van der Waals surface area contributed by atoms with Crippen LogP contribution in [-0.4, -0.2) is 65.3 Å². The zero-order valence-electron chi connectivity index (χ0n) is 31.2. The highest BCUT2D eigenvalue weighted by Crippen LogP contribution is 2.60. The molecule has 55 heavy (non-hydrogen) atoms. The van der Waals surface area contributed by atoms with Gasteiger partial charge in [0.25, 0.3) is 5.91 Å². The molecule has 3 amide bonds. The van der Waals surface area contributed by atoms with Crippen molar-refractivity contribution in [2.75, 3.05) is 16.5 Å². The first-order valence-electron chi connectivity index (χ1n) is 18.9. The number of hydrazone groups is 1. The molecule has 4 aliphatic heterocycles. The van der Waals surface area contributed by atoms with Crippen LogP contribution in [0.1, 0.15) is 54.0 Å². The Hall–Kier alpha value is -4.46. The molecule has 0 saturated carbocycles. The number of ether oxygens (including phenoxy) is 1. The van der Waals surface area contributed by atoms with E-state index in [1.54, 1.807) is 9.80 Å². The standard InChI is InChI=1S/C43H45BrN4O6Si/c1-27-41(55(2,3)53)38(23-40(51)46-25-31-12-8-7-11-30(31)21-34(46)26-49)54-43(27)35-22-32(44)15-19-37(35)47(42(43)52)24-28-13-16-33(17-14-28)48-39(50)20-18-36(45-48)29-9-5-4-6-10-29/h4-17,19,22,27,34,38,41,49,53H,18,20-21,23-26H2,1-3H3/t27-,34+,38+,41-,43+/m1/s1. The first-order valence-corrected chi connectivity index (χ1v) is 22.7. The van der Waals surface area contributed by atoms with Crippen molar-refractivity contribution < 1.29 is 29.0 Å². The number of fused-ring (bicyclic) bond motifs is 3. The van der Waals surface area contributed by atoms with Gasteiger partial charge < -0.3 is 24.4 Å². The van der Waals surface area contributed by atoms with E-state index < -0.39 is 31.5 Å². The minimum absolute atomic E-state index is 0.0197. The predicted octanol–water partition coefficient (Wildman–Crippen LogP) is 6.66. The van der Waals surface area contributed by atoms with Gasteiger partial charge in [0.1, 0.15) is 0 Å². The predicted molar refractivity (Wildman–Crippen MR) is 217 cm³/mol. The third-order valence-corrected chi connectivity index (χ3v) is 14.9. The maximum absolute atomic E-state index is 15.0. The van der Waals surface area contributed by atoms with Gasteiger partial charge >= 0.3 is 0 Å². The summed E-state index contributed by atoms with van der Waals surface area (Å²) in [5, 5.41) is 16.5. The lowest BCUT2D eigenvalue weighted by molar-refractivity contribution is -0.151. The number of anilines is 2. The van der Waals surface area contributed by atoms with Crippen molar-refractivity contribution in [1.29, 1.82) is 0 Å². The van der Waals surface area contributed by atoms with E-state index in [1.807, 2.05) is 117 Å². The van der Waals surface area contributed by atoms with Crippen molar-refractivity contribution in [3.05, 3.63) is 129 Å². The highest BCUT2D eigenvalue weighted by molar-refractivity contribution is 9.10. The van der Waals surface area contributed by atoms with E-state index in [9.17, 15) is 19.5 Å². The summed E-state index contributed by atoms with van der Waals surface area (Å²) < 4.78 is 7.76. The molecule has 0 unspecified atom stereocenters. The summed E-state index contributed by atoms with van der Waals surface area (Å²) in [7, 11) is -3.03. The summed E-state index contributed by atoms with van der Waals surface area (Å²) in [5.74, 6) is -0.928. The number of benzene rings is 4. The molecule has 2 N–H and O–H groups in total. The Morgan fingerprint density at radius 1 is 0.964 bits per heavy atom. The van der Waals surface area contributed by atoms with Gasteiger partial charge in [0, 0.05) is 40.9 Å². The van der Waals surface area contributed by atoms with Crippen molar-refractivity contribution in [3.63, 3.8) is 0 Å². The summed E-state index contributed by atoms with van der Waals surface area (Å²) in [6.07, 6.45) is 0.756. The van der Waals surface area contributed by atoms with Gasteiger partial charge in [0.15, 0.2) is 13.9 Å². The van der Waals surface area contributed by atoms with Crippen molar-refractivity contribution in [3.8, 4) is 0 Å². The Morgan fingerprint density at radius 2 is 1.67 bits per heavy atom. The van der Waals surface area contributed by atoms with Crippen LogP contribution in [0, 0.1) is 5.92 Å². The Bertz CT molecular complexity index is 2180. The van der Waals surface area contributed by atoms with Crippen LogP contribution < -0.4 is 9.91 Å². The van der Waals surface area contributed by atoms with Gasteiger partial charge in [-0.3, -0.25) is 14.4 Å². The molecule has 4 aromatic carbocycles. The van der Waals surface area contributed by atoms with E-state index >= 15 is 4.79 Å². The van der Waals surface area contributed by atoms with Crippen LogP contribution in [0.2, 0.25) is 18.6 Å². The maximum atomic E-state index is 15.0. The second-order valence-corrected chi connectivity index (χ2v) is 20.6. The summed E-state index contributed by atoms with van der Waals surface area (Å²) in [6.45, 7) is 6.13. The normalized spacial score (nSPS) is 25.0. The van der Waals surface area contributed by atoms with Crippen molar-refractivity contribution >= 4 is 59.1 Å². The first-order chi connectivity index (χ1) is 26.4. The number of aliphatic hydroxyl groups excluding tert-OH is 1. The Balaban J connectivity index is 1.07. The van der Waals surface area contributed by atoms with Crippen LogP contribution in [0.3, 0.4) is 0 Å². The lowest BCUT2D eigenvalue weighted by Gasteiger charge is -2.37. The largest absolute Gasteiger partial charge is 0.432 e. The summed E-state index contributed by atoms with van der Waals surface area (Å²) in [4.78, 5) is 57.4. The van der Waals surface area contributed by atoms with Gasteiger partial charge in [-0.15, -0.1) is 0 Å². The fraction of sp³-hybridized carbons (Fsp3) is 0.349. The van der Waals surface area contributed by atoms with Gasteiger partial charge in [-0.25, -0.2) is 5.01 Å². The van der Waals surface area contributed by atoms with Gasteiger partial charge in [-0.05, 0) is 72.1 Å². The number of carbonyl (C=O) groups excluding carboxylic acids is 3. The van der Waals surface area contributed by atoms with Crippen LogP contribution in [0.15, 0.2) is 107 Å². The molecule has 1 saturated heterocycles. The molecule has 4 heterocycles. The molecule has 10 nitrogen and oxygen atoms in total. The van der Waals surface area contributed by atoms with Gasteiger partial charge in [-0.2, -0.15) is 5.10 Å². The number of aliphatic hydroxyl groups is 1. The average molecular weight is 822 g/mol. The molecule has 4 aliphatic rings. The zero-order valence-corrected chi connectivity index (χ0v) is 33.8. The average Bonchev–Trinajstić information content (AvgIpc) is 3.60. The molecular weight excluding hydrogens is 776 g/mol. The molecule has 4 aromatic rings. The third-order valence-electron chi connectivity index (χ3n) is 11.9. The van der Waals surface area contributed by atoms with E-state index in [0.29, 0.717) is 42.7 Å². The van der Waals surface area contributed by atoms with Crippen LogP contribution >= 0.6 is 15.9 Å². The van der Waals surface area contributed by atoms with Gasteiger partial charge in [0.05, 0.1) is 48.8 Å². The summed E-state index contributed by atoms with van der Waals surface area (Å²) in [5.41, 5.74) is 5.07. The fourth-order valence-corrected chi connectivity index (χ4v) is 12.2. The van der Waals surface area contributed by atoms with E-state index in [1.165, 1.54) is 5.01 Å². The molecule has 1 fully saturated rings. The van der Waals surface area contributed by atoms with Crippen LogP contribution in [0.25, 0.3) is 0 Å². The van der Waals surface area contributed by atoms with E-state index in [-0.39, 0.29) is 43.3 Å². The number of carbonyl (C=O) groups is 3. The van der Waals surface area contributed by atoms with Crippen LogP contribution in [0.5, 0.6) is 0 Å². The minimum atomic E-state index is -3.03. The van der Waals surface area contributed by atoms with E-state index in [4.69, 9.17) is 9.84 Å². The second kappa shape index (κ2) is 14.6. The molecular formula is C43H45BrN4O6Si. The number of rotatable bonds is 8. The Morgan fingerprint density at radius 3 is 2.38 bits per heavy atom. The maximum Gasteiger partial charge on any atom is 0.264 e. The first kappa shape index (κ1) is 37.5. The third kappa shape index (κ3) is 6.67. The number of amides is 3. The summed E-state index contributed by atoms with van der Waals surface area (Å²) in [6, 6.07) is 30.7. The number of nitrogens with zero attached hydrogens (tertiary/aromatic N) is 4. The Labute approximate surface area is 330 Å². The van der Waals surface area contributed by atoms with E-state index in [0.717, 1.165) is 32.4 Å². The monoisotopic (exact) mass is 820 g/mol. The lowest BCUT2D eigenvalue weighted by atomic mass is 9.82. The molecule has 0 aromatic heterocycles. The van der Waals surface area contributed by atoms with Gasteiger partial charge in [-0.1, -0.05) is 89.6 Å². The molecule has 0 radical (unpaired) electrons. The topological polar surface area (TPSA) is 123 Å². The minimum Gasteiger partial charge on any atom is -0.432 e. The second-order valence-electron chi connectivity index (χ2n) is 15.7. The highest BCUT2D eigenvalue weighted by Gasteiger charge is 2.66. The SMILES string of the molecule is C[C@@H]1[C@@H]([Si](C)(C)O)[C@H](CC(=O)N2Cc3ccccc3C[C@H]2CO)O[C@@]12C(=O)N(Cc1ccc(N3N=C(c4ccccc4)CCC3=O)cc1)c1ccc(Br)cc12. The number of hydrogen-bond donors (Lipinski definition) is 2. The number of hydrogen-bond acceptors (Lipinski definition) is 7. The van der Waals surface area contributed by atoms with Crippen molar-refractivity contribution in [2.24, 2.45) is 11.0 Å². The number of halogens is 1. The van der Waals surface area contributed by atoms with Crippen molar-refractivity contribution in [1.82, 2.24) is 4.90 Å². The summed E-state index contributed by atoms with van der Waals surface area (Å²) >= 11 is 3.63. The molecule has 0 aliphatic carbocycles. The van der Waals surface area contributed by atoms with Gasteiger partial charge in [0.2, 0.25) is 11.8 Å². The lowest BCUT2D eigenvalue weighted by Crippen LogP contribution is -2.48. The molecule has 284 valence electrons. The Kier molecular flexibility index (Phi) is 9.91. The fourth-order valence-electron chi connectivity index (χ4n) is 9.26. The molecule has 8 rings (SSSR count). The smallest absolute Gasteiger partial charge is 0.264 e. The van der Waals surface area contributed by atoms with Crippen molar-refractivity contribution in [2.45, 2.75) is 82.1 Å². The quantitative estimate of drug-likeness (QED) is 0.192.